The van der Waals surface area contributed by atoms with E-state index in [1.54, 1.807) is 12.1 Å². The molecule has 2 rings (SSSR count). The molecule has 1 aliphatic heterocycles. The molecule has 0 aromatic heterocycles. The Hall–Kier alpha value is -2.88. The molecule has 1 heterocycles. The Morgan fingerprint density at radius 1 is 1.10 bits per heavy atom. The molecule has 1 aromatic carbocycles. The monoisotopic (exact) mass is 439 g/mol. The molecule has 0 bridgehead atoms. The van der Waals surface area contributed by atoms with Gasteiger partial charge in [0.25, 0.3) is 10.0 Å². The minimum Gasteiger partial charge on any atom is -0.468 e. The number of sulfonamides is 1. The summed E-state index contributed by atoms with van der Waals surface area (Å²) in [5.41, 5.74) is 0.902. The van der Waals surface area contributed by atoms with Gasteiger partial charge in [-0.15, -0.1) is 0 Å². The fraction of sp³-hybridized carbons (Fsp3) is 0.450. The molecule has 0 saturated heterocycles. The lowest BCUT2D eigenvalue weighted by Crippen LogP contribution is -2.46. The van der Waals surface area contributed by atoms with E-state index in [9.17, 15) is 22.8 Å². The summed E-state index contributed by atoms with van der Waals surface area (Å²) >= 11 is 0. The number of aryl methyl sites for hydroxylation is 1. The highest BCUT2D eigenvalue weighted by atomic mass is 32.2. The van der Waals surface area contributed by atoms with Crippen molar-refractivity contribution in [3.05, 3.63) is 42.1 Å². The number of allylic oxidation sites excluding steroid dienone is 1. The number of esters is 3. The average Bonchev–Trinajstić information content (AvgIpc) is 2.72. The second-order valence-corrected chi connectivity index (χ2v) is 8.71. The van der Waals surface area contributed by atoms with Crippen LogP contribution in [0, 0.1) is 18.8 Å². The van der Waals surface area contributed by atoms with E-state index in [0.29, 0.717) is 0 Å². The normalized spacial score (nSPS) is 18.8. The highest BCUT2D eigenvalue weighted by Gasteiger charge is 2.42. The summed E-state index contributed by atoms with van der Waals surface area (Å²) in [5.74, 6) is -4.13. The predicted octanol–water partition coefficient (Wildman–Crippen LogP) is 1.41. The van der Waals surface area contributed by atoms with Crippen LogP contribution >= 0.6 is 0 Å². The average molecular weight is 439 g/mol. The van der Waals surface area contributed by atoms with E-state index in [-0.39, 0.29) is 17.9 Å². The van der Waals surface area contributed by atoms with Crippen molar-refractivity contribution in [2.24, 2.45) is 11.8 Å². The molecule has 0 radical (unpaired) electrons. The van der Waals surface area contributed by atoms with Crippen molar-refractivity contribution < 1.29 is 37.0 Å². The molecule has 0 fully saturated rings. The number of nitrogens with zero attached hydrogens (tertiary/aromatic N) is 1. The summed E-state index contributed by atoms with van der Waals surface area (Å²) < 4.78 is 41.9. The van der Waals surface area contributed by atoms with Crippen molar-refractivity contribution in [3.8, 4) is 0 Å². The number of ether oxygens (including phenoxy) is 3. The quantitative estimate of drug-likeness (QED) is 0.356. The Kier molecular flexibility index (Phi) is 7.60. The zero-order valence-electron chi connectivity index (χ0n) is 17.2. The Morgan fingerprint density at radius 2 is 1.67 bits per heavy atom. The van der Waals surface area contributed by atoms with Gasteiger partial charge in [0.2, 0.25) is 0 Å². The fourth-order valence-electron chi connectivity index (χ4n) is 3.22. The fourth-order valence-corrected chi connectivity index (χ4v) is 4.72. The Bertz CT molecular complexity index is 907. The highest BCUT2D eigenvalue weighted by molar-refractivity contribution is 7.89. The molecule has 0 unspecified atom stereocenters. The third-order valence-electron chi connectivity index (χ3n) is 4.80. The van der Waals surface area contributed by atoms with Crippen molar-refractivity contribution in [1.82, 2.24) is 4.31 Å². The minimum absolute atomic E-state index is 0.0454. The zero-order chi connectivity index (χ0) is 22.5. The van der Waals surface area contributed by atoms with E-state index in [2.05, 4.69) is 0 Å². The van der Waals surface area contributed by atoms with Gasteiger partial charge in [0.1, 0.15) is 6.61 Å². The largest absolute Gasteiger partial charge is 0.468 e. The van der Waals surface area contributed by atoms with Gasteiger partial charge in [-0.2, -0.15) is 0 Å². The second kappa shape index (κ2) is 9.75. The van der Waals surface area contributed by atoms with Gasteiger partial charge in [-0.25, -0.2) is 8.42 Å². The first-order valence-corrected chi connectivity index (χ1v) is 10.6. The van der Waals surface area contributed by atoms with E-state index >= 15 is 0 Å². The number of carbonyl (C=O) groups excluding carboxylic acids is 3. The molecule has 2 atom stereocenters. The van der Waals surface area contributed by atoms with E-state index in [1.165, 1.54) is 31.3 Å². The molecular formula is C20H25NO8S. The van der Waals surface area contributed by atoms with Gasteiger partial charge >= 0.3 is 17.9 Å². The van der Waals surface area contributed by atoms with E-state index in [4.69, 9.17) is 14.2 Å². The molecule has 9 nitrogen and oxygen atoms in total. The smallest absolute Gasteiger partial charge is 0.320 e. The topological polar surface area (TPSA) is 116 Å². The summed E-state index contributed by atoms with van der Waals surface area (Å²) in [6.45, 7) is 2.81. The minimum atomic E-state index is -3.95. The zero-order valence-corrected chi connectivity index (χ0v) is 18.0. The summed E-state index contributed by atoms with van der Waals surface area (Å²) in [6, 6.07) is 5.49. The molecule has 30 heavy (non-hydrogen) atoms. The van der Waals surface area contributed by atoms with Crippen LogP contribution in [0.15, 0.2) is 41.4 Å². The first-order chi connectivity index (χ1) is 14.1. The Balaban J connectivity index is 2.43. The van der Waals surface area contributed by atoms with Gasteiger partial charge in [-0.05, 0) is 25.5 Å². The maximum absolute atomic E-state index is 13.2. The molecule has 164 valence electrons. The molecular weight excluding hydrogens is 414 g/mol. The summed E-state index contributed by atoms with van der Waals surface area (Å²) in [5, 5.41) is 0. The standard InChI is InChI=1S/C20H25NO8S/c1-13-5-7-17(8-6-13)30(25,26)21-10-9-15(11-16(21)12-29-14(2)22)18(19(23)27-3)20(24)28-4/h5-10,15-16,18H,11-12H2,1-4H3/t15-,16+/m0/s1. The summed E-state index contributed by atoms with van der Waals surface area (Å²) in [4.78, 5) is 35.7. The third-order valence-corrected chi connectivity index (χ3v) is 6.64. The second-order valence-electron chi connectivity index (χ2n) is 6.87. The number of methoxy groups -OCH3 is 2. The molecule has 0 amide bonds. The number of benzene rings is 1. The Morgan fingerprint density at radius 3 is 2.17 bits per heavy atom. The van der Waals surface area contributed by atoms with E-state index < -0.39 is 45.8 Å². The highest BCUT2D eigenvalue weighted by Crippen LogP contribution is 2.32. The van der Waals surface area contributed by atoms with Crippen LogP contribution in [-0.2, 0) is 38.6 Å². The predicted molar refractivity (Wildman–Crippen MR) is 105 cm³/mol. The Labute approximate surface area is 175 Å². The lowest BCUT2D eigenvalue weighted by atomic mass is 9.85. The van der Waals surface area contributed by atoms with Crippen molar-refractivity contribution in [2.45, 2.75) is 31.2 Å². The van der Waals surface area contributed by atoms with Crippen molar-refractivity contribution in [3.63, 3.8) is 0 Å². The van der Waals surface area contributed by atoms with Crippen LogP contribution in [0.4, 0.5) is 0 Å². The number of hydrogen-bond acceptors (Lipinski definition) is 8. The first kappa shape index (κ1) is 23.4. The van der Waals surface area contributed by atoms with E-state index in [0.717, 1.165) is 24.1 Å². The van der Waals surface area contributed by atoms with Crippen LogP contribution in [0.5, 0.6) is 0 Å². The van der Waals surface area contributed by atoms with Crippen LogP contribution in [0.25, 0.3) is 0 Å². The molecule has 0 spiro atoms. The lowest BCUT2D eigenvalue weighted by molar-refractivity contribution is -0.161. The summed E-state index contributed by atoms with van der Waals surface area (Å²) in [6.07, 6.45) is 2.79. The molecule has 1 aliphatic rings. The van der Waals surface area contributed by atoms with Gasteiger partial charge in [0, 0.05) is 19.0 Å². The molecule has 1 aromatic rings. The van der Waals surface area contributed by atoms with Gasteiger partial charge in [0.05, 0.1) is 25.2 Å². The van der Waals surface area contributed by atoms with Crippen LogP contribution in [0.3, 0.4) is 0 Å². The molecule has 0 N–H and O–H groups in total. The number of rotatable bonds is 7. The van der Waals surface area contributed by atoms with Gasteiger partial charge in [-0.3, -0.25) is 18.7 Å². The van der Waals surface area contributed by atoms with Crippen LogP contribution in [0.1, 0.15) is 18.9 Å². The van der Waals surface area contributed by atoms with Gasteiger partial charge in [-0.1, -0.05) is 23.8 Å². The first-order valence-electron chi connectivity index (χ1n) is 9.19. The van der Waals surface area contributed by atoms with Crippen molar-refractivity contribution in [1.29, 1.82) is 0 Å². The van der Waals surface area contributed by atoms with E-state index in [1.807, 2.05) is 6.92 Å². The van der Waals surface area contributed by atoms with Crippen LogP contribution < -0.4 is 0 Å². The maximum Gasteiger partial charge on any atom is 0.320 e. The summed E-state index contributed by atoms with van der Waals surface area (Å²) in [7, 11) is -1.66. The molecule has 10 heteroatoms. The molecule has 0 saturated carbocycles. The number of carbonyl (C=O) groups is 3. The van der Waals surface area contributed by atoms with Crippen LogP contribution in [0.2, 0.25) is 0 Å². The van der Waals surface area contributed by atoms with Crippen molar-refractivity contribution >= 4 is 27.9 Å². The molecule has 0 aliphatic carbocycles. The van der Waals surface area contributed by atoms with Crippen LogP contribution in [-0.4, -0.2) is 57.5 Å². The third kappa shape index (κ3) is 5.18. The SMILES string of the molecule is COC(=O)C(C(=O)OC)[C@H]1C=CN(S(=O)(=O)c2ccc(C)cc2)[C@@H](COC(C)=O)C1. The maximum atomic E-state index is 13.2. The van der Waals surface area contributed by atoms with Gasteiger partial charge < -0.3 is 14.2 Å². The lowest BCUT2D eigenvalue weighted by Gasteiger charge is -2.36. The van der Waals surface area contributed by atoms with Crippen molar-refractivity contribution in [2.75, 3.05) is 20.8 Å². The number of hydrogen-bond donors (Lipinski definition) is 0. The van der Waals surface area contributed by atoms with Gasteiger partial charge in [0.15, 0.2) is 5.92 Å².